The highest BCUT2D eigenvalue weighted by Gasteiger charge is 2.01. The summed E-state index contributed by atoms with van der Waals surface area (Å²) in [5, 5.41) is 0. The number of hydrogen-bond donors (Lipinski definition) is 0. The summed E-state index contributed by atoms with van der Waals surface area (Å²) in [7, 11) is 0. The van der Waals surface area contributed by atoms with Crippen molar-refractivity contribution < 1.29 is 4.74 Å². The van der Waals surface area contributed by atoms with E-state index in [0.29, 0.717) is 6.10 Å². The van der Waals surface area contributed by atoms with Gasteiger partial charge in [-0.05, 0) is 26.0 Å². The van der Waals surface area contributed by atoms with Gasteiger partial charge in [0.2, 0.25) is 0 Å². The maximum atomic E-state index is 5.52. The molecule has 0 aliphatic rings. The van der Waals surface area contributed by atoms with Gasteiger partial charge in [-0.25, -0.2) is 4.98 Å². The highest BCUT2D eigenvalue weighted by Crippen LogP contribution is 2.11. The lowest BCUT2D eigenvalue weighted by molar-refractivity contribution is 0.0733. The van der Waals surface area contributed by atoms with Crippen molar-refractivity contribution >= 4 is 11.0 Å². The first-order valence-corrected chi connectivity index (χ1v) is 5.29. The smallest absolute Gasteiger partial charge is 0.0959 e. The summed E-state index contributed by atoms with van der Waals surface area (Å²) >= 11 is 0. The van der Waals surface area contributed by atoms with Crippen LogP contribution in [0.25, 0.3) is 11.0 Å². The molecular formula is C12H16N2O. The molecule has 3 nitrogen and oxygen atoms in total. The molecule has 15 heavy (non-hydrogen) atoms. The van der Waals surface area contributed by atoms with Crippen molar-refractivity contribution in [2.75, 3.05) is 6.61 Å². The van der Waals surface area contributed by atoms with E-state index in [4.69, 9.17) is 4.74 Å². The Bertz CT molecular complexity index is 434. The first-order chi connectivity index (χ1) is 7.27. The highest BCUT2D eigenvalue weighted by atomic mass is 16.5. The number of benzene rings is 1. The molecule has 0 fully saturated rings. The fourth-order valence-corrected chi connectivity index (χ4v) is 1.58. The lowest BCUT2D eigenvalue weighted by Gasteiger charge is -2.08. The molecule has 80 valence electrons. The molecule has 0 amide bonds. The molecule has 0 aliphatic heterocycles. The number of aromatic nitrogens is 2. The van der Waals surface area contributed by atoms with Crippen LogP contribution in [-0.4, -0.2) is 22.3 Å². The van der Waals surface area contributed by atoms with Gasteiger partial charge in [0.25, 0.3) is 0 Å². The van der Waals surface area contributed by atoms with Crippen molar-refractivity contribution in [1.29, 1.82) is 0 Å². The third kappa shape index (κ3) is 2.36. The lowest BCUT2D eigenvalue weighted by Crippen LogP contribution is -2.09. The minimum atomic E-state index is 0.291. The monoisotopic (exact) mass is 204 g/mol. The van der Waals surface area contributed by atoms with Crippen molar-refractivity contribution in [1.82, 2.24) is 9.55 Å². The van der Waals surface area contributed by atoms with Crippen LogP contribution in [0.2, 0.25) is 0 Å². The van der Waals surface area contributed by atoms with Crippen LogP contribution in [0.1, 0.15) is 13.8 Å². The zero-order chi connectivity index (χ0) is 10.7. The van der Waals surface area contributed by atoms with E-state index < -0.39 is 0 Å². The van der Waals surface area contributed by atoms with Crippen LogP contribution in [0.5, 0.6) is 0 Å². The van der Waals surface area contributed by atoms with E-state index in [0.717, 1.165) is 18.7 Å². The van der Waals surface area contributed by atoms with Crippen LogP contribution in [0.3, 0.4) is 0 Å². The molecular weight excluding hydrogens is 188 g/mol. The Labute approximate surface area is 89.7 Å². The van der Waals surface area contributed by atoms with Gasteiger partial charge in [0.15, 0.2) is 0 Å². The summed E-state index contributed by atoms with van der Waals surface area (Å²) in [6.45, 7) is 5.69. The number of rotatable bonds is 4. The fraction of sp³-hybridized carbons (Fsp3) is 0.417. The average Bonchev–Trinajstić information content (AvgIpc) is 2.62. The van der Waals surface area contributed by atoms with Gasteiger partial charge in [-0.1, -0.05) is 12.1 Å². The molecule has 2 rings (SSSR count). The lowest BCUT2D eigenvalue weighted by atomic mass is 10.3. The minimum absolute atomic E-state index is 0.291. The number of para-hydroxylation sites is 2. The van der Waals surface area contributed by atoms with E-state index in [1.165, 1.54) is 5.52 Å². The first kappa shape index (κ1) is 10.2. The molecule has 2 aromatic rings. The van der Waals surface area contributed by atoms with Crippen LogP contribution < -0.4 is 0 Å². The maximum absolute atomic E-state index is 5.52. The SMILES string of the molecule is CC(C)OCCn1cnc2ccccc21. The molecule has 0 spiro atoms. The summed E-state index contributed by atoms with van der Waals surface area (Å²) in [5.74, 6) is 0. The summed E-state index contributed by atoms with van der Waals surface area (Å²) in [6.07, 6.45) is 2.16. The normalized spacial score (nSPS) is 11.4. The average molecular weight is 204 g/mol. The summed E-state index contributed by atoms with van der Waals surface area (Å²) < 4.78 is 7.64. The van der Waals surface area contributed by atoms with Crippen molar-refractivity contribution in [2.45, 2.75) is 26.5 Å². The predicted molar refractivity (Wildman–Crippen MR) is 60.8 cm³/mol. The molecule has 0 unspecified atom stereocenters. The molecule has 3 heteroatoms. The van der Waals surface area contributed by atoms with E-state index in [1.54, 1.807) is 0 Å². The first-order valence-electron chi connectivity index (χ1n) is 5.29. The number of imidazole rings is 1. The molecule has 0 atom stereocenters. The zero-order valence-electron chi connectivity index (χ0n) is 9.18. The second kappa shape index (κ2) is 4.45. The molecule has 1 aromatic heterocycles. The van der Waals surface area contributed by atoms with Crippen molar-refractivity contribution in [3.63, 3.8) is 0 Å². The van der Waals surface area contributed by atoms with Crippen LogP contribution in [-0.2, 0) is 11.3 Å². The molecule has 0 N–H and O–H groups in total. The largest absolute Gasteiger partial charge is 0.377 e. The number of hydrogen-bond acceptors (Lipinski definition) is 2. The number of ether oxygens (including phenoxy) is 1. The van der Waals surface area contributed by atoms with Crippen molar-refractivity contribution in [3.8, 4) is 0 Å². The molecule has 1 heterocycles. The van der Waals surface area contributed by atoms with Crippen LogP contribution in [0.15, 0.2) is 30.6 Å². The Morgan fingerprint density at radius 3 is 2.93 bits per heavy atom. The van der Waals surface area contributed by atoms with Gasteiger partial charge in [-0.2, -0.15) is 0 Å². The van der Waals surface area contributed by atoms with E-state index in [9.17, 15) is 0 Å². The van der Waals surface area contributed by atoms with Gasteiger partial charge >= 0.3 is 0 Å². The number of nitrogens with zero attached hydrogens (tertiary/aromatic N) is 2. The third-order valence-electron chi connectivity index (χ3n) is 2.31. The highest BCUT2D eigenvalue weighted by molar-refractivity contribution is 5.74. The Hall–Kier alpha value is -1.35. The second-order valence-electron chi connectivity index (χ2n) is 3.85. The van der Waals surface area contributed by atoms with E-state index in [-0.39, 0.29) is 0 Å². The molecule has 1 aromatic carbocycles. The maximum Gasteiger partial charge on any atom is 0.0959 e. The Kier molecular flexibility index (Phi) is 3.02. The van der Waals surface area contributed by atoms with E-state index in [1.807, 2.05) is 38.4 Å². The van der Waals surface area contributed by atoms with E-state index in [2.05, 4.69) is 15.6 Å². The van der Waals surface area contributed by atoms with E-state index >= 15 is 0 Å². The minimum Gasteiger partial charge on any atom is -0.377 e. The second-order valence-corrected chi connectivity index (χ2v) is 3.85. The summed E-state index contributed by atoms with van der Waals surface area (Å²) in [4.78, 5) is 4.32. The van der Waals surface area contributed by atoms with Gasteiger partial charge in [0.05, 0.1) is 30.1 Å². The van der Waals surface area contributed by atoms with Gasteiger partial charge in [-0.3, -0.25) is 0 Å². The molecule has 0 saturated heterocycles. The zero-order valence-corrected chi connectivity index (χ0v) is 9.18. The predicted octanol–water partition coefficient (Wildman–Crippen LogP) is 2.46. The molecule has 0 aliphatic carbocycles. The van der Waals surface area contributed by atoms with Gasteiger partial charge < -0.3 is 9.30 Å². The Balaban J connectivity index is 2.08. The van der Waals surface area contributed by atoms with Gasteiger partial charge in [0, 0.05) is 6.54 Å². The van der Waals surface area contributed by atoms with Gasteiger partial charge in [0.1, 0.15) is 0 Å². The van der Waals surface area contributed by atoms with Crippen molar-refractivity contribution in [3.05, 3.63) is 30.6 Å². The molecule has 0 bridgehead atoms. The van der Waals surface area contributed by atoms with Crippen molar-refractivity contribution in [2.24, 2.45) is 0 Å². The third-order valence-corrected chi connectivity index (χ3v) is 2.31. The van der Waals surface area contributed by atoms with Crippen LogP contribution in [0.4, 0.5) is 0 Å². The summed E-state index contributed by atoms with van der Waals surface area (Å²) in [5.41, 5.74) is 2.21. The van der Waals surface area contributed by atoms with Crippen LogP contribution >= 0.6 is 0 Å². The summed E-state index contributed by atoms with van der Waals surface area (Å²) in [6, 6.07) is 8.14. The van der Waals surface area contributed by atoms with Crippen LogP contribution in [0, 0.1) is 0 Å². The molecule has 0 radical (unpaired) electrons. The Morgan fingerprint density at radius 1 is 1.33 bits per heavy atom. The standard InChI is InChI=1S/C12H16N2O/c1-10(2)15-8-7-14-9-13-11-5-3-4-6-12(11)14/h3-6,9-10H,7-8H2,1-2H3. The fourth-order valence-electron chi connectivity index (χ4n) is 1.58. The molecule has 0 saturated carbocycles. The quantitative estimate of drug-likeness (QED) is 0.765. The Morgan fingerprint density at radius 2 is 2.13 bits per heavy atom. The van der Waals surface area contributed by atoms with Gasteiger partial charge in [-0.15, -0.1) is 0 Å². The number of fused-ring (bicyclic) bond motifs is 1. The topological polar surface area (TPSA) is 27.1 Å².